The molecule has 2 N–H and O–H groups in total. The number of nitrogens with one attached hydrogen (secondary N) is 2. The van der Waals surface area contributed by atoms with Crippen molar-refractivity contribution in [1.82, 2.24) is 20.1 Å². The molecule has 1 atom stereocenters. The molecule has 4 heteroatoms. The predicted octanol–water partition coefficient (Wildman–Crippen LogP) is 5.66. The smallest absolute Gasteiger partial charge is 0.0660 e. The average molecular weight is 397 g/mol. The molecule has 0 fully saturated rings. The average Bonchev–Trinajstić information content (AvgIpc) is 3.16. The minimum atomic E-state index is 0.288. The Morgan fingerprint density at radius 1 is 1.28 bits per heavy atom. The highest BCUT2D eigenvalue weighted by atomic mass is 15.2. The Morgan fingerprint density at radius 3 is 2.69 bits per heavy atom. The zero-order valence-electron chi connectivity index (χ0n) is 19.3. The SMILES string of the molecule is CC/C=C1/C=C(/NCCC)C/C=C(N(C)C(C)c2ccc(C)[nH]2)\C=C/CN1CC. The van der Waals surface area contributed by atoms with E-state index in [4.69, 9.17) is 0 Å². The third-order valence-corrected chi connectivity index (χ3v) is 5.52. The molecule has 0 aromatic carbocycles. The fourth-order valence-corrected chi connectivity index (χ4v) is 3.60. The van der Waals surface area contributed by atoms with Crippen LogP contribution in [0.25, 0.3) is 0 Å². The van der Waals surface area contributed by atoms with Crippen LogP contribution in [0.4, 0.5) is 0 Å². The van der Waals surface area contributed by atoms with Crippen LogP contribution < -0.4 is 5.32 Å². The third kappa shape index (κ3) is 6.59. The molecular weight excluding hydrogens is 356 g/mol. The Bertz CT molecular complexity index is 751. The van der Waals surface area contributed by atoms with Crippen LogP contribution in [-0.4, -0.2) is 41.5 Å². The molecule has 0 aliphatic carbocycles. The van der Waals surface area contributed by atoms with Gasteiger partial charge in [0.25, 0.3) is 0 Å². The van der Waals surface area contributed by atoms with Crippen molar-refractivity contribution in [2.75, 3.05) is 26.7 Å². The van der Waals surface area contributed by atoms with Gasteiger partial charge in [0.15, 0.2) is 0 Å². The monoisotopic (exact) mass is 396 g/mol. The summed E-state index contributed by atoms with van der Waals surface area (Å²) in [7, 11) is 2.19. The first-order chi connectivity index (χ1) is 14.0. The summed E-state index contributed by atoms with van der Waals surface area (Å²) < 4.78 is 0. The van der Waals surface area contributed by atoms with E-state index in [2.05, 4.69) is 104 Å². The van der Waals surface area contributed by atoms with Crippen molar-refractivity contribution in [3.8, 4) is 0 Å². The van der Waals surface area contributed by atoms with Crippen molar-refractivity contribution in [2.45, 2.75) is 59.9 Å². The van der Waals surface area contributed by atoms with Crippen LogP contribution in [0, 0.1) is 6.92 Å². The molecule has 0 saturated carbocycles. The Balaban J connectivity index is 2.33. The van der Waals surface area contributed by atoms with Crippen molar-refractivity contribution in [2.24, 2.45) is 0 Å². The largest absolute Gasteiger partial charge is 0.388 e. The van der Waals surface area contributed by atoms with Gasteiger partial charge < -0.3 is 20.1 Å². The van der Waals surface area contributed by atoms with Crippen LogP contribution in [0.15, 0.2) is 59.6 Å². The van der Waals surface area contributed by atoms with Gasteiger partial charge in [-0.1, -0.05) is 32.1 Å². The molecule has 1 aromatic rings. The minimum Gasteiger partial charge on any atom is -0.388 e. The Labute approximate surface area is 178 Å². The number of aromatic nitrogens is 1. The molecule has 0 saturated heterocycles. The highest BCUT2D eigenvalue weighted by Crippen LogP contribution is 2.24. The molecule has 1 aliphatic heterocycles. The summed E-state index contributed by atoms with van der Waals surface area (Å²) in [6, 6.07) is 4.62. The van der Waals surface area contributed by atoms with E-state index in [1.54, 1.807) is 0 Å². The van der Waals surface area contributed by atoms with Crippen LogP contribution in [0.2, 0.25) is 0 Å². The van der Waals surface area contributed by atoms with E-state index < -0.39 is 0 Å². The maximum atomic E-state index is 3.64. The van der Waals surface area contributed by atoms with Gasteiger partial charge in [-0.05, 0) is 57.9 Å². The normalized spacial score (nSPS) is 22.4. The number of aryl methyl sites for hydroxylation is 1. The van der Waals surface area contributed by atoms with Crippen molar-refractivity contribution < 1.29 is 0 Å². The molecule has 0 spiro atoms. The number of rotatable bonds is 8. The first-order valence-electron chi connectivity index (χ1n) is 11.1. The molecule has 1 unspecified atom stereocenters. The third-order valence-electron chi connectivity index (χ3n) is 5.52. The molecule has 160 valence electrons. The topological polar surface area (TPSA) is 34.3 Å². The molecule has 2 rings (SSSR count). The molecule has 0 radical (unpaired) electrons. The molecule has 4 nitrogen and oxygen atoms in total. The van der Waals surface area contributed by atoms with Crippen LogP contribution in [-0.2, 0) is 0 Å². The number of nitrogens with zero attached hydrogens (tertiary/aromatic N) is 2. The Kier molecular flexibility index (Phi) is 9.17. The van der Waals surface area contributed by atoms with Gasteiger partial charge in [-0.25, -0.2) is 0 Å². The summed E-state index contributed by atoms with van der Waals surface area (Å²) in [5, 5.41) is 3.64. The molecule has 2 heterocycles. The lowest BCUT2D eigenvalue weighted by molar-refractivity contribution is 0.333. The number of allylic oxidation sites excluding steroid dienone is 4. The quantitative estimate of drug-likeness (QED) is 0.595. The highest BCUT2D eigenvalue weighted by Gasteiger charge is 2.15. The Morgan fingerprint density at radius 2 is 2.07 bits per heavy atom. The lowest BCUT2D eigenvalue weighted by atomic mass is 10.1. The second-order valence-electron chi connectivity index (χ2n) is 7.79. The maximum Gasteiger partial charge on any atom is 0.0660 e. The van der Waals surface area contributed by atoms with Crippen LogP contribution in [0.5, 0.6) is 0 Å². The van der Waals surface area contributed by atoms with Crippen molar-refractivity contribution in [3.05, 3.63) is 71.0 Å². The van der Waals surface area contributed by atoms with Gasteiger partial charge in [-0.3, -0.25) is 0 Å². The van der Waals surface area contributed by atoms with Crippen molar-refractivity contribution in [3.63, 3.8) is 0 Å². The van der Waals surface area contributed by atoms with Gasteiger partial charge in [0.05, 0.1) is 6.04 Å². The summed E-state index contributed by atoms with van der Waals surface area (Å²) in [6.07, 6.45) is 14.7. The highest BCUT2D eigenvalue weighted by molar-refractivity contribution is 5.29. The number of H-pyrrole nitrogens is 1. The van der Waals surface area contributed by atoms with E-state index in [0.29, 0.717) is 0 Å². The predicted molar refractivity (Wildman–Crippen MR) is 126 cm³/mol. The van der Waals surface area contributed by atoms with E-state index in [1.807, 2.05) is 0 Å². The lowest BCUT2D eigenvalue weighted by Crippen LogP contribution is -2.25. The zero-order chi connectivity index (χ0) is 21.2. The van der Waals surface area contributed by atoms with Gasteiger partial charge in [-0.15, -0.1) is 0 Å². The van der Waals surface area contributed by atoms with Gasteiger partial charge >= 0.3 is 0 Å². The van der Waals surface area contributed by atoms with Crippen molar-refractivity contribution in [1.29, 1.82) is 0 Å². The second-order valence-corrected chi connectivity index (χ2v) is 7.79. The molecule has 0 amide bonds. The fourth-order valence-electron chi connectivity index (χ4n) is 3.60. The lowest BCUT2D eigenvalue weighted by Gasteiger charge is -2.29. The summed E-state index contributed by atoms with van der Waals surface area (Å²) >= 11 is 0. The van der Waals surface area contributed by atoms with Crippen LogP contribution in [0.3, 0.4) is 0 Å². The number of likely N-dealkylation sites (N-methyl/N-ethyl adjacent to an activating group) is 2. The van der Waals surface area contributed by atoms with E-state index in [1.165, 1.54) is 28.5 Å². The van der Waals surface area contributed by atoms with E-state index in [-0.39, 0.29) is 6.04 Å². The summed E-state index contributed by atoms with van der Waals surface area (Å²) in [4.78, 5) is 8.29. The van der Waals surface area contributed by atoms with E-state index in [9.17, 15) is 0 Å². The number of hydrogen-bond acceptors (Lipinski definition) is 3. The molecule has 29 heavy (non-hydrogen) atoms. The van der Waals surface area contributed by atoms with Crippen LogP contribution >= 0.6 is 0 Å². The summed E-state index contributed by atoms with van der Waals surface area (Å²) in [6.45, 7) is 13.9. The maximum absolute atomic E-state index is 3.64. The van der Waals surface area contributed by atoms with E-state index >= 15 is 0 Å². The Hall–Kier alpha value is -2.36. The number of aromatic amines is 1. The number of hydrogen-bond donors (Lipinski definition) is 2. The molecule has 1 aliphatic rings. The van der Waals surface area contributed by atoms with Gasteiger partial charge in [0, 0.05) is 61.6 Å². The van der Waals surface area contributed by atoms with Gasteiger partial charge in [-0.2, -0.15) is 0 Å². The van der Waals surface area contributed by atoms with Gasteiger partial charge in [0.1, 0.15) is 0 Å². The van der Waals surface area contributed by atoms with E-state index in [0.717, 1.165) is 38.9 Å². The summed E-state index contributed by atoms with van der Waals surface area (Å²) in [5.41, 5.74) is 6.32. The molecule has 1 aromatic heterocycles. The zero-order valence-corrected chi connectivity index (χ0v) is 19.3. The van der Waals surface area contributed by atoms with Crippen LogP contribution in [0.1, 0.15) is 64.4 Å². The standard InChI is InChI=1S/C25H40N4/c1-7-11-24-19-22(26-17-8-2)14-15-23(12-10-18-29(24)9-3)28(6)21(5)25-16-13-20(4)27-25/h10-13,15-16,19,21,26-27H,7-9,14,17-18H2,1-6H3/b12-10-,22-19+,23-15+,24-11-. The second kappa shape index (κ2) is 11.6. The van der Waals surface area contributed by atoms with Gasteiger partial charge in [0.2, 0.25) is 0 Å². The van der Waals surface area contributed by atoms with Crippen molar-refractivity contribution >= 4 is 0 Å². The minimum absolute atomic E-state index is 0.288. The first-order valence-corrected chi connectivity index (χ1v) is 11.1. The fraction of sp³-hybridized carbons (Fsp3) is 0.520. The summed E-state index contributed by atoms with van der Waals surface area (Å²) in [5.74, 6) is 0. The first kappa shape index (κ1) is 22.9. The molecular formula is C25H40N4. The molecule has 0 bridgehead atoms.